The minimum Gasteiger partial charge on any atom is -0.378 e. The fraction of sp³-hybridized carbons (Fsp3) is 0.250. The Labute approximate surface area is 94.1 Å². The quantitative estimate of drug-likeness (QED) is 0.373. The van der Waals surface area contributed by atoms with Crippen LogP contribution in [0.1, 0.15) is 0 Å². The molecule has 0 aliphatic rings. The maximum absolute atomic E-state index is 12.0. The highest BCUT2D eigenvalue weighted by atomic mass is 32.2. The van der Waals surface area contributed by atoms with Crippen LogP contribution in [0.15, 0.2) is 28.3 Å². The second kappa shape index (κ2) is 5.06. The first-order valence-corrected chi connectivity index (χ1v) is 5.32. The van der Waals surface area contributed by atoms with Gasteiger partial charge >= 0.3 is 6.18 Å². The summed E-state index contributed by atoms with van der Waals surface area (Å²) >= 11 is 1.48. The largest absolute Gasteiger partial charge is 0.450 e. The van der Waals surface area contributed by atoms with Crippen molar-refractivity contribution in [3.05, 3.63) is 18.3 Å². The summed E-state index contributed by atoms with van der Waals surface area (Å²) in [5.41, 5.74) is 6.81. The number of alkyl halides is 3. The number of nitrogens with one attached hydrogen (secondary N) is 1. The zero-order chi connectivity index (χ0) is 12.2. The maximum atomic E-state index is 12.0. The molecule has 0 unspecified atom stereocenters. The third-order valence-corrected chi connectivity index (χ3v) is 2.27. The smallest absolute Gasteiger partial charge is 0.378 e. The standard InChI is InChI=1S/C8H9F3N4S/c1-16-5-2-3-6(13-4-5)14-15-7(12)8(9,10)11/h2-4H,1H3,(H2,12,15)(H,13,14). The first-order chi connectivity index (χ1) is 7.43. The van der Waals surface area contributed by atoms with Crippen molar-refractivity contribution in [3.63, 3.8) is 0 Å². The summed E-state index contributed by atoms with van der Waals surface area (Å²) in [6.07, 6.45) is -1.25. The van der Waals surface area contributed by atoms with Crippen LogP contribution in [-0.4, -0.2) is 23.3 Å². The Morgan fingerprint density at radius 3 is 2.62 bits per heavy atom. The lowest BCUT2D eigenvalue weighted by atomic mass is 10.5. The topological polar surface area (TPSA) is 63.3 Å². The molecule has 0 aliphatic carbocycles. The Bertz CT molecular complexity index is 374. The van der Waals surface area contributed by atoms with Crippen LogP contribution in [-0.2, 0) is 0 Å². The molecule has 1 aromatic heterocycles. The molecule has 0 atom stereocenters. The average molecular weight is 250 g/mol. The first-order valence-electron chi connectivity index (χ1n) is 4.10. The Morgan fingerprint density at radius 2 is 2.19 bits per heavy atom. The molecule has 4 nitrogen and oxygen atoms in total. The van der Waals surface area contributed by atoms with Gasteiger partial charge < -0.3 is 5.73 Å². The van der Waals surface area contributed by atoms with Gasteiger partial charge in [-0.3, -0.25) is 5.43 Å². The van der Waals surface area contributed by atoms with Crippen LogP contribution in [0.25, 0.3) is 0 Å². The number of pyridine rings is 1. The van der Waals surface area contributed by atoms with Crippen LogP contribution in [0.2, 0.25) is 0 Å². The van der Waals surface area contributed by atoms with Gasteiger partial charge in [0.15, 0.2) is 0 Å². The second-order valence-electron chi connectivity index (χ2n) is 2.69. The minimum absolute atomic E-state index is 0.199. The Kier molecular flexibility index (Phi) is 3.99. The number of hydrogen-bond donors (Lipinski definition) is 2. The fourth-order valence-electron chi connectivity index (χ4n) is 0.748. The number of nitrogens with zero attached hydrogens (tertiary/aromatic N) is 2. The summed E-state index contributed by atoms with van der Waals surface area (Å²) in [7, 11) is 0. The molecule has 0 saturated carbocycles. The van der Waals surface area contributed by atoms with Gasteiger partial charge in [0.1, 0.15) is 5.82 Å². The molecule has 16 heavy (non-hydrogen) atoms. The van der Waals surface area contributed by atoms with E-state index in [-0.39, 0.29) is 5.82 Å². The predicted molar refractivity (Wildman–Crippen MR) is 57.3 cm³/mol. The summed E-state index contributed by atoms with van der Waals surface area (Å²) in [4.78, 5) is 4.74. The molecular formula is C8H9F3N4S. The van der Waals surface area contributed by atoms with E-state index in [2.05, 4.69) is 21.2 Å². The van der Waals surface area contributed by atoms with Crippen LogP contribution >= 0.6 is 11.8 Å². The van der Waals surface area contributed by atoms with Crippen molar-refractivity contribution in [1.82, 2.24) is 4.98 Å². The monoisotopic (exact) mass is 250 g/mol. The Hall–Kier alpha value is -1.44. The highest BCUT2D eigenvalue weighted by Crippen LogP contribution is 2.16. The lowest BCUT2D eigenvalue weighted by molar-refractivity contribution is -0.0599. The van der Waals surface area contributed by atoms with E-state index in [0.29, 0.717) is 0 Å². The molecule has 0 aromatic carbocycles. The summed E-state index contributed by atoms with van der Waals surface area (Å²) < 4.78 is 35.9. The number of hydrazone groups is 1. The molecule has 1 rings (SSSR count). The summed E-state index contributed by atoms with van der Waals surface area (Å²) in [5.74, 6) is -1.24. The molecule has 0 bridgehead atoms. The van der Waals surface area contributed by atoms with Crippen molar-refractivity contribution < 1.29 is 13.2 Å². The zero-order valence-electron chi connectivity index (χ0n) is 8.25. The molecule has 8 heteroatoms. The second-order valence-corrected chi connectivity index (χ2v) is 3.57. The highest BCUT2D eigenvalue weighted by molar-refractivity contribution is 7.98. The molecule has 88 valence electrons. The van der Waals surface area contributed by atoms with Gasteiger partial charge in [0.25, 0.3) is 0 Å². The zero-order valence-corrected chi connectivity index (χ0v) is 9.06. The van der Waals surface area contributed by atoms with E-state index in [1.165, 1.54) is 24.0 Å². The van der Waals surface area contributed by atoms with E-state index < -0.39 is 12.0 Å². The van der Waals surface area contributed by atoms with E-state index in [1.54, 1.807) is 6.07 Å². The number of anilines is 1. The van der Waals surface area contributed by atoms with Gasteiger partial charge in [-0.2, -0.15) is 18.3 Å². The van der Waals surface area contributed by atoms with Gasteiger partial charge in [0.05, 0.1) is 0 Å². The first kappa shape index (κ1) is 12.6. The maximum Gasteiger partial charge on any atom is 0.450 e. The molecule has 0 saturated heterocycles. The lowest BCUT2D eigenvalue weighted by Gasteiger charge is -2.05. The Morgan fingerprint density at radius 1 is 1.50 bits per heavy atom. The highest BCUT2D eigenvalue weighted by Gasteiger charge is 2.33. The van der Waals surface area contributed by atoms with E-state index in [9.17, 15) is 13.2 Å². The molecule has 1 heterocycles. The minimum atomic E-state index is -4.63. The van der Waals surface area contributed by atoms with Crippen LogP contribution < -0.4 is 11.2 Å². The molecule has 0 spiro atoms. The molecule has 0 fully saturated rings. The van der Waals surface area contributed by atoms with Crippen LogP contribution in [0.3, 0.4) is 0 Å². The molecule has 0 aliphatic heterocycles. The number of nitrogens with two attached hydrogens (primary N) is 1. The summed E-state index contributed by atoms with van der Waals surface area (Å²) in [6.45, 7) is 0. The SMILES string of the molecule is CSc1ccc(N/N=C(\N)C(F)(F)F)nc1. The Balaban J connectivity index is 2.67. The van der Waals surface area contributed by atoms with E-state index in [1.807, 2.05) is 6.26 Å². The van der Waals surface area contributed by atoms with Crippen molar-refractivity contribution >= 4 is 23.4 Å². The predicted octanol–water partition coefficient (Wildman–Crippen LogP) is 2.05. The van der Waals surface area contributed by atoms with E-state index >= 15 is 0 Å². The van der Waals surface area contributed by atoms with Crippen molar-refractivity contribution in [2.24, 2.45) is 10.8 Å². The third-order valence-electron chi connectivity index (χ3n) is 1.55. The summed E-state index contributed by atoms with van der Waals surface area (Å²) in [6, 6.07) is 3.22. The van der Waals surface area contributed by atoms with Crippen LogP contribution in [0.4, 0.5) is 19.0 Å². The van der Waals surface area contributed by atoms with Gasteiger partial charge in [0.2, 0.25) is 5.84 Å². The van der Waals surface area contributed by atoms with Crippen molar-refractivity contribution in [3.8, 4) is 0 Å². The van der Waals surface area contributed by atoms with E-state index in [0.717, 1.165) is 4.90 Å². The van der Waals surface area contributed by atoms with Gasteiger partial charge in [-0.1, -0.05) is 0 Å². The number of hydrogen-bond acceptors (Lipinski definition) is 4. The molecule has 1 aromatic rings. The number of rotatable bonds is 3. The van der Waals surface area contributed by atoms with E-state index in [4.69, 9.17) is 0 Å². The third kappa shape index (κ3) is 3.61. The number of thioether (sulfide) groups is 1. The molecule has 3 N–H and O–H groups in total. The van der Waals surface area contributed by atoms with Crippen LogP contribution in [0, 0.1) is 0 Å². The van der Waals surface area contributed by atoms with Crippen LogP contribution in [0.5, 0.6) is 0 Å². The molecule has 0 amide bonds. The number of aromatic nitrogens is 1. The van der Waals surface area contributed by atoms with Gasteiger partial charge in [-0.05, 0) is 18.4 Å². The van der Waals surface area contributed by atoms with Crippen molar-refractivity contribution in [2.45, 2.75) is 11.1 Å². The fourth-order valence-corrected chi connectivity index (χ4v) is 1.11. The summed E-state index contributed by atoms with van der Waals surface area (Å²) in [5, 5.41) is 2.97. The van der Waals surface area contributed by atoms with Gasteiger partial charge in [-0.25, -0.2) is 4.98 Å². The normalized spacial score (nSPS) is 12.6. The molecular weight excluding hydrogens is 241 g/mol. The number of amidine groups is 1. The number of halogens is 3. The average Bonchev–Trinajstić information content (AvgIpc) is 2.25. The van der Waals surface area contributed by atoms with Gasteiger partial charge in [-0.15, -0.1) is 11.8 Å². The van der Waals surface area contributed by atoms with Gasteiger partial charge in [0, 0.05) is 11.1 Å². The molecule has 0 radical (unpaired) electrons. The van der Waals surface area contributed by atoms with Crippen molar-refractivity contribution in [2.75, 3.05) is 11.7 Å². The lowest BCUT2D eigenvalue weighted by Crippen LogP contribution is -2.32. The van der Waals surface area contributed by atoms with Crippen molar-refractivity contribution in [1.29, 1.82) is 0 Å².